The summed E-state index contributed by atoms with van der Waals surface area (Å²) in [7, 11) is 0. The second kappa shape index (κ2) is 6.00. The molecular weight excluding hydrogens is 262 g/mol. The maximum Gasteiger partial charge on any atom is 0.276 e. The second-order valence-electron chi connectivity index (χ2n) is 4.17. The molecule has 0 aliphatic carbocycles. The number of aryl methyl sites for hydroxylation is 1. The Balaban J connectivity index is 2.15. The van der Waals surface area contributed by atoms with Gasteiger partial charge in [-0.15, -0.1) is 0 Å². The highest BCUT2D eigenvalue weighted by Crippen LogP contribution is 2.21. The molecule has 0 fully saturated rings. The molecule has 0 aliphatic heterocycles. The van der Waals surface area contributed by atoms with Crippen LogP contribution in [0.3, 0.4) is 0 Å². The Kier molecular flexibility index (Phi) is 4.14. The van der Waals surface area contributed by atoms with Crippen LogP contribution in [0.25, 0.3) is 0 Å². The van der Waals surface area contributed by atoms with Gasteiger partial charge in [-0.2, -0.15) is 0 Å². The van der Waals surface area contributed by atoms with Crippen LogP contribution in [0.2, 0.25) is 0 Å². The molecule has 8 heteroatoms. The summed E-state index contributed by atoms with van der Waals surface area (Å²) in [4.78, 5) is 14.7. The lowest BCUT2D eigenvalue weighted by Gasteiger charge is -2.07. The third-order valence-corrected chi connectivity index (χ3v) is 2.51. The van der Waals surface area contributed by atoms with Crippen LogP contribution in [0.15, 0.2) is 22.7 Å². The molecule has 0 amide bonds. The summed E-state index contributed by atoms with van der Waals surface area (Å²) in [5.74, 6) is 1.58. The predicted molar refractivity (Wildman–Crippen MR) is 73.6 cm³/mol. The molecule has 0 aromatic carbocycles. The second-order valence-corrected chi connectivity index (χ2v) is 4.17. The van der Waals surface area contributed by atoms with E-state index < -0.39 is 4.92 Å². The first-order chi connectivity index (χ1) is 9.58. The largest absolute Gasteiger partial charge is 0.370 e. The number of pyridine rings is 1. The molecule has 2 rings (SSSR count). The van der Waals surface area contributed by atoms with Crippen molar-refractivity contribution in [2.24, 2.45) is 0 Å². The van der Waals surface area contributed by atoms with Gasteiger partial charge in [-0.3, -0.25) is 10.1 Å². The molecule has 0 saturated carbocycles. The van der Waals surface area contributed by atoms with Gasteiger partial charge >= 0.3 is 0 Å². The van der Waals surface area contributed by atoms with Crippen LogP contribution in [0, 0.1) is 17.0 Å². The molecule has 2 aromatic heterocycles. The standard InChI is InChI=1S/C12H15N5O3/c1-3-13-11-5-10(17(18)19)6-12(15-11)14-7-9-4-8(2)20-16-9/h4-6H,3,7H2,1-2H3,(H2,13,14,15). The smallest absolute Gasteiger partial charge is 0.276 e. The number of anilines is 2. The highest BCUT2D eigenvalue weighted by Gasteiger charge is 2.11. The molecular formula is C12H15N5O3. The van der Waals surface area contributed by atoms with E-state index in [-0.39, 0.29) is 5.69 Å². The molecule has 2 N–H and O–H groups in total. The minimum atomic E-state index is -0.450. The van der Waals surface area contributed by atoms with E-state index in [1.165, 1.54) is 12.1 Å². The third kappa shape index (κ3) is 3.44. The van der Waals surface area contributed by atoms with Gasteiger partial charge in [0, 0.05) is 12.6 Å². The maximum atomic E-state index is 10.9. The molecule has 0 saturated heterocycles. The van der Waals surface area contributed by atoms with Crippen molar-refractivity contribution in [3.8, 4) is 0 Å². The summed E-state index contributed by atoms with van der Waals surface area (Å²) in [5, 5.41) is 20.7. The van der Waals surface area contributed by atoms with Crippen LogP contribution < -0.4 is 10.6 Å². The normalized spacial score (nSPS) is 10.3. The molecule has 2 heterocycles. The number of nitro groups is 1. The third-order valence-electron chi connectivity index (χ3n) is 2.51. The first-order valence-electron chi connectivity index (χ1n) is 6.15. The van der Waals surface area contributed by atoms with Crippen molar-refractivity contribution in [3.63, 3.8) is 0 Å². The van der Waals surface area contributed by atoms with Crippen LogP contribution >= 0.6 is 0 Å². The zero-order valence-corrected chi connectivity index (χ0v) is 11.2. The van der Waals surface area contributed by atoms with Crippen molar-refractivity contribution in [1.82, 2.24) is 10.1 Å². The Labute approximate surface area is 115 Å². The Morgan fingerprint density at radius 2 is 2.00 bits per heavy atom. The topological polar surface area (TPSA) is 106 Å². The Hall–Kier alpha value is -2.64. The lowest BCUT2D eigenvalue weighted by Crippen LogP contribution is -2.06. The van der Waals surface area contributed by atoms with E-state index >= 15 is 0 Å². The molecule has 8 nitrogen and oxygen atoms in total. The fourth-order valence-corrected chi connectivity index (χ4v) is 1.67. The summed E-state index contributed by atoms with van der Waals surface area (Å²) in [6, 6.07) is 4.57. The van der Waals surface area contributed by atoms with Crippen molar-refractivity contribution in [2.75, 3.05) is 17.2 Å². The zero-order valence-electron chi connectivity index (χ0n) is 11.2. The first-order valence-corrected chi connectivity index (χ1v) is 6.15. The Bertz CT molecular complexity index is 611. The maximum absolute atomic E-state index is 10.9. The van der Waals surface area contributed by atoms with Gasteiger partial charge in [0.2, 0.25) is 0 Å². The van der Waals surface area contributed by atoms with Gasteiger partial charge in [0.25, 0.3) is 5.69 Å². The first kappa shape index (κ1) is 13.8. The minimum Gasteiger partial charge on any atom is -0.370 e. The van der Waals surface area contributed by atoms with Gasteiger partial charge in [0.15, 0.2) is 0 Å². The summed E-state index contributed by atoms with van der Waals surface area (Å²) >= 11 is 0. The van der Waals surface area contributed by atoms with E-state index in [2.05, 4.69) is 20.8 Å². The monoisotopic (exact) mass is 277 g/mol. The highest BCUT2D eigenvalue weighted by molar-refractivity contribution is 5.54. The molecule has 0 radical (unpaired) electrons. The summed E-state index contributed by atoms with van der Waals surface area (Å²) < 4.78 is 4.95. The number of hydrogen-bond acceptors (Lipinski definition) is 7. The molecule has 20 heavy (non-hydrogen) atoms. The molecule has 0 bridgehead atoms. The lowest BCUT2D eigenvalue weighted by atomic mass is 10.3. The molecule has 0 spiro atoms. The van der Waals surface area contributed by atoms with Crippen molar-refractivity contribution < 1.29 is 9.45 Å². The average Bonchev–Trinajstić information content (AvgIpc) is 2.82. The van der Waals surface area contributed by atoms with Gasteiger partial charge in [0.05, 0.1) is 23.6 Å². The predicted octanol–water partition coefficient (Wildman–Crippen LogP) is 2.33. The SMILES string of the molecule is CCNc1cc([N+](=O)[O-])cc(NCc2cc(C)on2)n1. The van der Waals surface area contributed by atoms with Crippen molar-refractivity contribution in [3.05, 3.63) is 39.8 Å². The van der Waals surface area contributed by atoms with Crippen molar-refractivity contribution in [2.45, 2.75) is 20.4 Å². The number of nitrogens with zero attached hydrogens (tertiary/aromatic N) is 3. The number of aromatic nitrogens is 2. The molecule has 0 unspecified atom stereocenters. The fourth-order valence-electron chi connectivity index (χ4n) is 1.67. The zero-order chi connectivity index (χ0) is 14.5. The van der Waals surface area contributed by atoms with Crippen molar-refractivity contribution >= 4 is 17.3 Å². The van der Waals surface area contributed by atoms with Gasteiger partial charge < -0.3 is 15.2 Å². The lowest BCUT2D eigenvalue weighted by molar-refractivity contribution is -0.384. The Morgan fingerprint density at radius 1 is 1.30 bits per heavy atom. The average molecular weight is 277 g/mol. The molecule has 0 atom stereocenters. The van der Waals surface area contributed by atoms with E-state index in [0.29, 0.717) is 36.2 Å². The highest BCUT2D eigenvalue weighted by atomic mass is 16.6. The van der Waals surface area contributed by atoms with Crippen LogP contribution in [0.1, 0.15) is 18.4 Å². The molecule has 0 aliphatic rings. The van der Waals surface area contributed by atoms with Crippen LogP contribution in [-0.2, 0) is 6.54 Å². The summed E-state index contributed by atoms with van der Waals surface area (Å²) in [5.41, 5.74) is 0.690. The summed E-state index contributed by atoms with van der Waals surface area (Å²) in [6.45, 7) is 4.71. The number of nitrogens with one attached hydrogen (secondary N) is 2. The van der Waals surface area contributed by atoms with E-state index in [4.69, 9.17) is 4.52 Å². The molecule has 2 aromatic rings. The van der Waals surface area contributed by atoms with Crippen molar-refractivity contribution in [1.29, 1.82) is 0 Å². The minimum absolute atomic E-state index is 0.0187. The van der Waals surface area contributed by atoms with Gasteiger partial charge in [0.1, 0.15) is 23.1 Å². The van der Waals surface area contributed by atoms with Gasteiger partial charge in [-0.1, -0.05) is 5.16 Å². The van der Waals surface area contributed by atoms with Crippen LogP contribution in [-0.4, -0.2) is 21.6 Å². The summed E-state index contributed by atoms with van der Waals surface area (Å²) in [6.07, 6.45) is 0. The van der Waals surface area contributed by atoms with E-state index in [0.717, 1.165) is 0 Å². The van der Waals surface area contributed by atoms with Gasteiger partial charge in [-0.05, 0) is 13.8 Å². The molecule has 106 valence electrons. The Morgan fingerprint density at radius 3 is 2.55 bits per heavy atom. The number of rotatable bonds is 6. The van der Waals surface area contributed by atoms with Crippen LogP contribution in [0.5, 0.6) is 0 Å². The van der Waals surface area contributed by atoms with Crippen LogP contribution in [0.4, 0.5) is 17.3 Å². The van der Waals surface area contributed by atoms with Gasteiger partial charge in [-0.25, -0.2) is 4.98 Å². The fraction of sp³-hybridized carbons (Fsp3) is 0.333. The van der Waals surface area contributed by atoms with E-state index in [1.54, 1.807) is 13.0 Å². The quantitative estimate of drug-likeness (QED) is 0.616. The number of hydrogen-bond donors (Lipinski definition) is 2. The van der Waals surface area contributed by atoms with E-state index in [9.17, 15) is 10.1 Å². The van der Waals surface area contributed by atoms with E-state index in [1.807, 2.05) is 6.92 Å².